The second-order valence-electron chi connectivity index (χ2n) is 7.60. The largest absolute Gasteiger partial charge is 0.481 e. The molecule has 2 rings (SSSR count). The van der Waals surface area contributed by atoms with E-state index in [-0.39, 0.29) is 42.7 Å². The van der Waals surface area contributed by atoms with Crippen LogP contribution in [0.2, 0.25) is 0 Å². The molecular formula is C20H32O6. The molecule has 6 atom stereocenters. The lowest BCUT2D eigenvalue weighted by Crippen LogP contribution is -2.21. The molecule has 26 heavy (non-hydrogen) atoms. The number of unbranched alkanes of at least 4 members (excludes halogenated alkanes) is 2. The SMILES string of the molecule is CCCCC[C@H](O)/C=C/[C@H]1[C@H](O)CC(=O)[C@@H]1CC1OC1CCCC(=O)O. The van der Waals surface area contributed by atoms with E-state index in [0.29, 0.717) is 25.7 Å². The Bertz CT molecular complexity index is 503. The number of Topliss-reactive ketones (excluding diaryl/α,β-unsaturated/α-hetero) is 1. The van der Waals surface area contributed by atoms with Gasteiger partial charge in [-0.15, -0.1) is 0 Å². The van der Waals surface area contributed by atoms with E-state index in [4.69, 9.17) is 9.84 Å². The standard InChI is InChI=1S/C20H32O6/c1-2-3-4-6-13(21)9-10-14-15(17(23)12-16(14)22)11-19-18(26-19)7-5-8-20(24)25/h9-10,13-16,18-19,21-22H,2-8,11-12H2,1H3,(H,24,25)/b10-9+/t13-,14+,15+,16+,18?,19?/m0/s1. The third-order valence-electron chi connectivity index (χ3n) is 5.44. The van der Waals surface area contributed by atoms with E-state index < -0.39 is 18.2 Å². The second kappa shape index (κ2) is 10.2. The molecule has 2 fully saturated rings. The Hall–Kier alpha value is -1.24. The van der Waals surface area contributed by atoms with Crippen molar-refractivity contribution in [2.24, 2.45) is 11.8 Å². The highest BCUT2D eigenvalue weighted by atomic mass is 16.6. The number of ether oxygens (including phenoxy) is 1. The maximum Gasteiger partial charge on any atom is 0.303 e. The van der Waals surface area contributed by atoms with E-state index in [0.717, 1.165) is 19.3 Å². The van der Waals surface area contributed by atoms with Gasteiger partial charge in [-0.25, -0.2) is 0 Å². The summed E-state index contributed by atoms with van der Waals surface area (Å²) in [5.41, 5.74) is 0. The van der Waals surface area contributed by atoms with Gasteiger partial charge in [0.15, 0.2) is 0 Å². The third kappa shape index (κ3) is 6.49. The summed E-state index contributed by atoms with van der Waals surface area (Å²) in [5, 5.41) is 28.9. The number of ketones is 1. The number of hydrogen-bond donors (Lipinski definition) is 3. The zero-order valence-corrected chi connectivity index (χ0v) is 15.5. The molecule has 1 saturated carbocycles. The summed E-state index contributed by atoms with van der Waals surface area (Å²) >= 11 is 0. The highest BCUT2D eigenvalue weighted by Gasteiger charge is 2.47. The fraction of sp³-hybridized carbons (Fsp3) is 0.800. The van der Waals surface area contributed by atoms with Crippen LogP contribution in [0.25, 0.3) is 0 Å². The summed E-state index contributed by atoms with van der Waals surface area (Å²) in [6.07, 6.45) is 8.26. The van der Waals surface area contributed by atoms with Gasteiger partial charge in [-0.05, 0) is 25.7 Å². The third-order valence-corrected chi connectivity index (χ3v) is 5.44. The number of carboxylic acid groups (broad SMARTS) is 1. The second-order valence-corrected chi connectivity index (χ2v) is 7.60. The first-order valence-corrected chi connectivity index (χ1v) is 9.86. The quantitative estimate of drug-likeness (QED) is 0.277. The first-order valence-electron chi connectivity index (χ1n) is 9.86. The molecule has 0 aromatic carbocycles. The van der Waals surface area contributed by atoms with E-state index in [9.17, 15) is 19.8 Å². The van der Waals surface area contributed by atoms with Gasteiger partial charge in [0, 0.05) is 24.7 Å². The molecule has 3 N–H and O–H groups in total. The molecule has 6 heteroatoms. The van der Waals surface area contributed by atoms with Crippen LogP contribution in [0.3, 0.4) is 0 Å². The van der Waals surface area contributed by atoms with Crippen LogP contribution < -0.4 is 0 Å². The molecule has 0 spiro atoms. The van der Waals surface area contributed by atoms with Gasteiger partial charge in [-0.2, -0.15) is 0 Å². The number of aliphatic carboxylic acids is 1. The molecule has 1 aliphatic carbocycles. The van der Waals surface area contributed by atoms with E-state index >= 15 is 0 Å². The van der Waals surface area contributed by atoms with Crippen molar-refractivity contribution in [2.45, 2.75) is 89.1 Å². The molecule has 6 nitrogen and oxygen atoms in total. The van der Waals surface area contributed by atoms with Crippen LogP contribution >= 0.6 is 0 Å². The number of aliphatic hydroxyl groups is 2. The van der Waals surface area contributed by atoms with Crippen LogP contribution in [0.5, 0.6) is 0 Å². The summed E-state index contributed by atoms with van der Waals surface area (Å²) in [6.45, 7) is 2.11. The van der Waals surface area contributed by atoms with Gasteiger partial charge in [0.05, 0.1) is 24.4 Å². The molecule has 1 heterocycles. The smallest absolute Gasteiger partial charge is 0.303 e. The average Bonchev–Trinajstić information content (AvgIpc) is 3.25. The fourth-order valence-corrected chi connectivity index (χ4v) is 3.83. The first-order chi connectivity index (χ1) is 12.4. The van der Waals surface area contributed by atoms with Crippen molar-refractivity contribution in [3.05, 3.63) is 12.2 Å². The van der Waals surface area contributed by atoms with Crippen molar-refractivity contribution in [1.29, 1.82) is 0 Å². The Morgan fingerprint density at radius 3 is 2.77 bits per heavy atom. The summed E-state index contributed by atoms with van der Waals surface area (Å²) in [6, 6.07) is 0. The Morgan fingerprint density at radius 2 is 2.08 bits per heavy atom. The lowest BCUT2D eigenvalue weighted by atomic mass is 9.88. The number of carbonyl (C=O) groups excluding carboxylic acids is 1. The maximum atomic E-state index is 12.2. The van der Waals surface area contributed by atoms with Crippen LogP contribution in [0, 0.1) is 11.8 Å². The topological polar surface area (TPSA) is 107 Å². The summed E-state index contributed by atoms with van der Waals surface area (Å²) in [4.78, 5) is 22.8. The van der Waals surface area contributed by atoms with E-state index in [2.05, 4.69) is 6.92 Å². The molecule has 148 valence electrons. The van der Waals surface area contributed by atoms with Gasteiger partial charge in [0.25, 0.3) is 0 Å². The Morgan fingerprint density at radius 1 is 1.31 bits per heavy atom. The number of aliphatic hydroxyl groups excluding tert-OH is 2. The van der Waals surface area contributed by atoms with Crippen LogP contribution in [0.1, 0.15) is 64.7 Å². The number of epoxide rings is 1. The number of carboxylic acids is 1. The van der Waals surface area contributed by atoms with Crippen molar-refractivity contribution >= 4 is 11.8 Å². The molecule has 2 aliphatic rings. The van der Waals surface area contributed by atoms with Crippen molar-refractivity contribution in [3.63, 3.8) is 0 Å². The van der Waals surface area contributed by atoms with Gasteiger partial charge < -0.3 is 20.1 Å². The zero-order valence-electron chi connectivity index (χ0n) is 15.5. The van der Waals surface area contributed by atoms with Crippen molar-refractivity contribution in [2.75, 3.05) is 0 Å². The highest BCUT2D eigenvalue weighted by molar-refractivity contribution is 5.84. The van der Waals surface area contributed by atoms with Gasteiger partial charge in [0.1, 0.15) is 5.78 Å². The van der Waals surface area contributed by atoms with Crippen LogP contribution in [-0.4, -0.2) is 51.5 Å². The van der Waals surface area contributed by atoms with Crippen molar-refractivity contribution < 1.29 is 29.6 Å². The first kappa shape index (κ1) is 21.1. The Kier molecular flexibility index (Phi) is 8.25. The van der Waals surface area contributed by atoms with Gasteiger partial charge in [-0.3, -0.25) is 9.59 Å². The molecule has 2 unspecified atom stereocenters. The number of hydrogen-bond acceptors (Lipinski definition) is 5. The molecule has 0 aromatic heterocycles. The number of carbonyl (C=O) groups is 2. The van der Waals surface area contributed by atoms with Gasteiger partial charge in [-0.1, -0.05) is 38.3 Å². The van der Waals surface area contributed by atoms with Crippen LogP contribution in [-0.2, 0) is 14.3 Å². The highest BCUT2D eigenvalue weighted by Crippen LogP contribution is 2.40. The van der Waals surface area contributed by atoms with Crippen molar-refractivity contribution in [1.82, 2.24) is 0 Å². The molecule has 0 amide bonds. The molecule has 1 aliphatic heterocycles. The molecule has 0 bridgehead atoms. The number of rotatable bonds is 12. The monoisotopic (exact) mass is 368 g/mol. The average molecular weight is 368 g/mol. The fourth-order valence-electron chi connectivity index (χ4n) is 3.83. The molecular weight excluding hydrogens is 336 g/mol. The predicted octanol–water partition coefficient (Wildman–Crippen LogP) is 2.46. The molecule has 0 radical (unpaired) electrons. The minimum Gasteiger partial charge on any atom is -0.481 e. The van der Waals surface area contributed by atoms with Crippen molar-refractivity contribution in [3.8, 4) is 0 Å². The molecule has 0 aromatic rings. The van der Waals surface area contributed by atoms with Gasteiger partial charge in [0.2, 0.25) is 0 Å². The minimum atomic E-state index is -0.806. The predicted molar refractivity (Wildman–Crippen MR) is 96.7 cm³/mol. The summed E-state index contributed by atoms with van der Waals surface area (Å²) < 4.78 is 5.58. The minimum absolute atomic E-state index is 0.0200. The van der Waals surface area contributed by atoms with E-state index in [1.54, 1.807) is 12.2 Å². The molecule has 1 saturated heterocycles. The maximum absolute atomic E-state index is 12.2. The van der Waals surface area contributed by atoms with Crippen LogP contribution in [0.4, 0.5) is 0 Å². The lowest BCUT2D eigenvalue weighted by molar-refractivity contribution is -0.137. The lowest BCUT2D eigenvalue weighted by Gasteiger charge is -2.17. The summed E-state index contributed by atoms with van der Waals surface area (Å²) in [5.74, 6) is -1.31. The van der Waals surface area contributed by atoms with Crippen LogP contribution in [0.15, 0.2) is 12.2 Å². The zero-order chi connectivity index (χ0) is 19.1. The Labute approximate surface area is 155 Å². The van der Waals surface area contributed by atoms with E-state index in [1.807, 2.05) is 0 Å². The van der Waals surface area contributed by atoms with E-state index in [1.165, 1.54) is 0 Å². The van der Waals surface area contributed by atoms with Gasteiger partial charge >= 0.3 is 5.97 Å². The summed E-state index contributed by atoms with van der Waals surface area (Å²) in [7, 11) is 0. The Balaban J connectivity index is 1.80. The normalized spacial score (nSPS) is 32.3.